The maximum atomic E-state index is 12.1. The third-order valence-electron chi connectivity index (χ3n) is 1.29. The Morgan fingerprint density at radius 2 is 2.00 bits per heavy atom. The first-order valence-corrected chi connectivity index (χ1v) is 3.18. The van der Waals surface area contributed by atoms with Crippen molar-refractivity contribution in [2.24, 2.45) is 0 Å². The molecule has 0 radical (unpaired) electrons. The fraction of sp³-hybridized carbons (Fsp3) is 0.143. The van der Waals surface area contributed by atoms with Crippen molar-refractivity contribution >= 4 is 5.82 Å². The Labute approximate surface area is 71.6 Å². The molecule has 0 fully saturated rings. The fourth-order valence-corrected chi connectivity index (χ4v) is 0.773. The van der Waals surface area contributed by atoms with Crippen LogP contribution in [0, 0.1) is 11.3 Å². The number of nitrogen functional groups attached to an aromatic ring is 1. The number of rotatable bonds is 0. The minimum absolute atomic E-state index is 0.314. The number of hydrogen-bond acceptors (Lipinski definition) is 3. The first-order chi connectivity index (χ1) is 5.93. The van der Waals surface area contributed by atoms with Crippen molar-refractivity contribution in [2.75, 3.05) is 5.73 Å². The molecule has 1 aromatic rings. The van der Waals surface area contributed by atoms with Gasteiger partial charge < -0.3 is 5.73 Å². The Hall–Kier alpha value is -1.77. The van der Waals surface area contributed by atoms with Gasteiger partial charge in [0, 0.05) is 0 Å². The van der Waals surface area contributed by atoms with Gasteiger partial charge in [0.15, 0.2) is 0 Å². The van der Waals surface area contributed by atoms with Crippen LogP contribution in [0.4, 0.5) is 19.0 Å². The van der Waals surface area contributed by atoms with Gasteiger partial charge in [-0.15, -0.1) is 0 Å². The smallest absolute Gasteiger partial charge is 0.384 e. The average Bonchev–Trinajstić information content (AvgIpc) is 2.01. The highest BCUT2D eigenvalue weighted by Gasteiger charge is 2.31. The Morgan fingerprint density at radius 1 is 1.38 bits per heavy atom. The first-order valence-electron chi connectivity index (χ1n) is 3.18. The summed E-state index contributed by atoms with van der Waals surface area (Å²) in [6.45, 7) is 0. The molecule has 0 aliphatic rings. The van der Waals surface area contributed by atoms with E-state index in [1.165, 1.54) is 6.07 Å². The van der Waals surface area contributed by atoms with E-state index in [1.807, 2.05) is 0 Å². The molecule has 0 amide bonds. The van der Waals surface area contributed by atoms with Crippen LogP contribution in [0.15, 0.2) is 12.1 Å². The van der Waals surface area contributed by atoms with Gasteiger partial charge in [-0.05, 0) is 12.1 Å². The number of halogens is 3. The lowest BCUT2D eigenvalue weighted by Crippen LogP contribution is -2.07. The number of alkyl halides is 3. The van der Waals surface area contributed by atoms with Crippen LogP contribution in [-0.4, -0.2) is 4.98 Å². The molecule has 0 saturated carbocycles. The van der Waals surface area contributed by atoms with Crippen molar-refractivity contribution in [1.82, 2.24) is 4.98 Å². The van der Waals surface area contributed by atoms with E-state index in [0.717, 1.165) is 0 Å². The van der Waals surface area contributed by atoms with Crippen LogP contribution in [0.3, 0.4) is 0 Å². The van der Waals surface area contributed by atoms with Crippen molar-refractivity contribution in [1.29, 1.82) is 5.26 Å². The molecule has 0 unspecified atom stereocenters. The number of aromatic nitrogens is 1. The van der Waals surface area contributed by atoms with Crippen LogP contribution in [0.2, 0.25) is 0 Å². The summed E-state index contributed by atoms with van der Waals surface area (Å²) in [4.78, 5) is 3.38. The minimum atomic E-state index is -4.50. The van der Waals surface area contributed by atoms with Crippen molar-refractivity contribution in [3.8, 4) is 6.07 Å². The number of nitrogens with zero attached hydrogens (tertiary/aromatic N) is 2. The van der Waals surface area contributed by atoms with Crippen molar-refractivity contribution in [2.45, 2.75) is 6.18 Å². The molecule has 3 nitrogen and oxygen atoms in total. The SMILES string of the molecule is N#Cc1cc(C(F)(F)F)cc(N)n1. The van der Waals surface area contributed by atoms with Crippen LogP contribution in [0.5, 0.6) is 0 Å². The fourth-order valence-electron chi connectivity index (χ4n) is 0.773. The van der Waals surface area contributed by atoms with Crippen LogP contribution >= 0.6 is 0 Å². The zero-order chi connectivity index (χ0) is 10.1. The molecule has 0 atom stereocenters. The molecule has 0 saturated heterocycles. The lowest BCUT2D eigenvalue weighted by molar-refractivity contribution is -0.137. The van der Waals surface area contributed by atoms with E-state index >= 15 is 0 Å². The van der Waals surface area contributed by atoms with E-state index in [-0.39, 0.29) is 11.5 Å². The van der Waals surface area contributed by atoms with E-state index in [9.17, 15) is 13.2 Å². The van der Waals surface area contributed by atoms with Crippen molar-refractivity contribution in [3.63, 3.8) is 0 Å². The topological polar surface area (TPSA) is 62.7 Å². The number of pyridine rings is 1. The molecular formula is C7H4F3N3. The number of anilines is 1. The highest BCUT2D eigenvalue weighted by atomic mass is 19.4. The Bertz CT molecular complexity index is 364. The van der Waals surface area contributed by atoms with Gasteiger partial charge in [-0.25, -0.2) is 4.98 Å². The number of hydrogen-bond donors (Lipinski definition) is 1. The molecule has 1 aromatic heterocycles. The predicted octanol–water partition coefficient (Wildman–Crippen LogP) is 1.55. The second-order valence-electron chi connectivity index (χ2n) is 2.28. The molecule has 0 aromatic carbocycles. The summed E-state index contributed by atoms with van der Waals surface area (Å²) in [5.41, 5.74) is 3.77. The second-order valence-corrected chi connectivity index (χ2v) is 2.28. The van der Waals surface area contributed by atoms with Crippen LogP contribution in [0.25, 0.3) is 0 Å². The highest BCUT2D eigenvalue weighted by molar-refractivity contribution is 5.39. The number of nitrogens with two attached hydrogens (primary N) is 1. The number of nitriles is 1. The molecule has 1 rings (SSSR count). The maximum absolute atomic E-state index is 12.1. The van der Waals surface area contributed by atoms with E-state index in [0.29, 0.717) is 12.1 Å². The summed E-state index contributed by atoms with van der Waals surface area (Å²) in [6.07, 6.45) is -4.50. The predicted molar refractivity (Wildman–Crippen MR) is 38.4 cm³/mol. The molecule has 13 heavy (non-hydrogen) atoms. The largest absolute Gasteiger partial charge is 0.416 e. The molecule has 0 spiro atoms. The molecule has 68 valence electrons. The van der Waals surface area contributed by atoms with Gasteiger partial charge in [-0.2, -0.15) is 18.4 Å². The lowest BCUT2D eigenvalue weighted by Gasteiger charge is -2.06. The van der Waals surface area contributed by atoms with E-state index in [1.54, 1.807) is 0 Å². The first kappa shape index (κ1) is 9.32. The van der Waals surface area contributed by atoms with E-state index in [2.05, 4.69) is 4.98 Å². The normalized spacial score (nSPS) is 10.9. The molecule has 2 N–H and O–H groups in total. The third-order valence-corrected chi connectivity index (χ3v) is 1.29. The van der Waals surface area contributed by atoms with Crippen LogP contribution < -0.4 is 5.73 Å². The van der Waals surface area contributed by atoms with Gasteiger partial charge in [0.05, 0.1) is 5.56 Å². The molecule has 0 aliphatic carbocycles. The quantitative estimate of drug-likeness (QED) is 0.670. The second kappa shape index (κ2) is 2.94. The molecule has 1 heterocycles. The van der Waals surface area contributed by atoms with E-state index in [4.69, 9.17) is 11.0 Å². The van der Waals surface area contributed by atoms with E-state index < -0.39 is 11.7 Å². The molecule has 0 aliphatic heterocycles. The van der Waals surface area contributed by atoms with Gasteiger partial charge >= 0.3 is 6.18 Å². The third kappa shape index (κ3) is 2.08. The van der Waals surface area contributed by atoms with Gasteiger partial charge in [0.2, 0.25) is 0 Å². The summed E-state index contributed by atoms with van der Waals surface area (Å²) in [5.74, 6) is -0.314. The van der Waals surface area contributed by atoms with Gasteiger partial charge in [-0.1, -0.05) is 0 Å². The van der Waals surface area contributed by atoms with Crippen LogP contribution in [0.1, 0.15) is 11.3 Å². The highest BCUT2D eigenvalue weighted by Crippen LogP contribution is 2.30. The standard InChI is InChI=1S/C7H4F3N3/c8-7(9,10)4-1-5(3-11)13-6(12)2-4/h1-2H,(H2,12,13). The summed E-state index contributed by atoms with van der Waals surface area (Å²) in [7, 11) is 0. The summed E-state index contributed by atoms with van der Waals surface area (Å²) < 4.78 is 36.3. The van der Waals surface area contributed by atoms with Crippen molar-refractivity contribution in [3.05, 3.63) is 23.4 Å². The maximum Gasteiger partial charge on any atom is 0.416 e. The summed E-state index contributed by atoms with van der Waals surface area (Å²) in [5, 5.41) is 8.32. The minimum Gasteiger partial charge on any atom is -0.384 e. The van der Waals surface area contributed by atoms with Gasteiger partial charge in [0.1, 0.15) is 17.6 Å². The monoisotopic (exact) mass is 187 g/mol. The zero-order valence-corrected chi connectivity index (χ0v) is 6.26. The summed E-state index contributed by atoms with van der Waals surface area (Å²) in [6, 6.07) is 2.82. The molecule has 0 bridgehead atoms. The van der Waals surface area contributed by atoms with Crippen molar-refractivity contribution < 1.29 is 13.2 Å². The Morgan fingerprint density at radius 3 is 2.46 bits per heavy atom. The Balaban J connectivity index is 3.26. The van der Waals surface area contributed by atoms with Gasteiger partial charge in [-0.3, -0.25) is 0 Å². The molecular weight excluding hydrogens is 183 g/mol. The average molecular weight is 187 g/mol. The van der Waals surface area contributed by atoms with Crippen LogP contribution in [-0.2, 0) is 6.18 Å². The van der Waals surface area contributed by atoms with Gasteiger partial charge in [0.25, 0.3) is 0 Å². The Kier molecular flexibility index (Phi) is 2.10. The summed E-state index contributed by atoms with van der Waals surface area (Å²) >= 11 is 0. The molecule has 6 heteroatoms. The zero-order valence-electron chi connectivity index (χ0n) is 6.26. The lowest BCUT2D eigenvalue weighted by atomic mass is 10.2.